The molecular weight excluding hydrogens is 352 g/mol. The third-order valence-corrected chi connectivity index (χ3v) is 11.5. The average molecular weight is 389 g/mol. The molecule has 1 aliphatic carbocycles. The van der Waals surface area contributed by atoms with E-state index in [1.165, 1.54) is 27.8 Å². The van der Waals surface area contributed by atoms with Crippen LogP contribution in [-0.4, -0.2) is 8.80 Å². The Hall–Kier alpha value is -1.86. The lowest BCUT2D eigenvalue weighted by atomic mass is 9.98. The quantitative estimate of drug-likeness (QED) is 0.559. The highest BCUT2D eigenvalue weighted by atomic mass is 28.3. The lowest BCUT2D eigenvalue weighted by Gasteiger charge is -2.38. The van der Waals surface area contributed by atoms with E-state index in [2.05, 4.69) is 97.9 Å². The maximum absolute atomic E-state index is 2.53. The Morgan fingerprint density at radius 2 is 1.25 bits per heavy atom. The summed E-state index contributed by atoms with van der Waals surface area (Å²) in [6.07, 6.45) is 2.21. The van der Waals surface area contributed by atoms with Crippen LogP contribution in [0.25, 0.3) is 0 Å². The SMILES string of the molecule is CCc1cc(CC)cc([SiH](c2cccc(C)c2)C2(C)C(C)=C(C)C(C)=C2C)c1. The number of hydrogen-bond donors (Lipinski definition) is 0. The summed E-state index contributed by atoms with van der Waals surface area (Å²) in [5.74, 6) is 0. The fourth-order valence-corrected chi connectivity index (χ4v) is 9.64. The van der Waals surface area contributed by atoms with Gasteiger partial charge in [0.15, 0.2) is 0 Å². The first-order valence-corrected chi connectivity index (χ1v) is 12.5. The summed E-state index contributed by atoms with van der Waals surface area (Å²) < 4.78 is 0. The van der Waals surface area contributed by atoms with Crippen LogP contribution in [0.2, 0.25) is 5.04 Å². The van der Waals surface area contributed by atoms with E-state index in [1.807, 2.05) is 0 Å². The van der Waals surface area contributed by atoms with Crippen molar-refractivity contribution < 1.29 is 0 Å². The van der Waals surface area contributed by atoms with Gasteiger partial charge in [-0.15, -0.1) is 0 Å². The van der Waals surface area contributed by atoms with E-state index >= 15 is 0 Å². The Morgan fingerprint density at radius 1 is 0.714 bits per heavy atom. The molecule has 1 aliphatic rings. The van der Waals surface area contributed by atoms with Crippen molar-refractivity contribution in [2.75, 3.05) is 0 Å². The van der Waals surface area contributed by atoms with Crippen LogP contribution >= 0.6 is 0 Å². The predicted molar refractivity (Wildman–Crippen MR) is 128 cm³/mol. The first-order chi connectivity index (χ1) is 13.2. The molecule has 0 bridgehead atoms. The van der Waals surface area contributed by atoms with Gasteiger partial charge in [0.05, 0.1) is 0 Å². The predicted octanol–water partition coefficient (Wildman–Crippen LogP) is 5.91. The molecule has 0 radical (unpaired) electrons. The number of hydrogen-bond acceptors (Lipinski definition) is 0. The van der Waals surface area contributed by atoms with Gasteiger partial charge in [-0.3, -0.25) is 0 Å². The monoisotopic (exact) mass is 388 g/mol. The maximum Gasteiger partial charge on any atom is 0.116 e. The Morgan fingerprint density at radius 3 is 1.71 bits per heavy atom. The molecule has 0 saturated carbocycles. The van der Waals surface area contributed by atoms with Crippen molar-refractivity contribution in [3.63, 3.8) is 0 Å². The van der Waals surface area contributed by atoms with Crippen LogP contribution < -0.4 is 10.4 Å². The van der Waals surface area contributed by atoms with Gasteiger partial charge in [-0.05, 0) is 69.7 Å². The first kappa shape index (κ1) is 20.9. The van der Waals surface area contributed by atoms with Crippen molar-refractivity contribution in [2.45, 2.75) is 73.3 Å². The van der Waals surface area contributed by atoms with Crippen molar-refractivity contribution in [1.82, 2.24) is 0 Å². The van der Waals surface area contributed by atoms with E-state index in [0.717, 1.165) is 12.8 Å². The molecule has 0 spiro atoms. The zero-order valence-electron chi connectivity index (χ0n) is 19.0. The second kappa shape index (κ2) is 7.87. The van der Waals surface area contributed by atoms with Gasteiger partial charge in [-0.25, -0.2) is 0 Å². The van der Waals surface area contributed by atoms with Gasteiger partial charge in [0.25, 0.3) is 0 Å². The average Bonchev–Trinajstić information content (AvgIpc) is 2.84. The molecule has 1 unspecified atom stereocenters. The Balaban J connectivity index is 2.33. The molecule has 0 nitrogen and oxygen atoms in total. The molecule has 0 N–H and O–H groups in total. The topological polar surface area (TPSA) is 0 Å². The molecule has 0 heterocycles. The van der Waals surface area contributed by atoms with Gasteiger partial charge in [0, 0.05) is 5.04 Å². The molecule has 148 valence electrons. The fourth-order valence-electron chi connectivity index (χ4n) is 5.13. The Kier molecular flexibility index (Phi) is 5.86. The summed E-state index contributed by atoms with van der Waals surface area (Å²) >= 11 is 0. The molecule has 0 aliphatic heterocycles. The minimum Gasteiger partial charge on any atom is -0.0629 e. The smallest absolute Gasteiger partial charge is 0.0629 e. The number of allylic oxidation sites excluding steroid dienone is 4. The highest BCUT2D eigenvalue weighted by molar-refractivity contribution is 6.88. The second-order valence-electron chi connectivity index (χ2n) is 8.84. The van der Waals surface area contributed by atoms with Crippen molar-refractivity contribution in [1.29, 1.82) is 0 Å². The van der Waals surface area contributed by atoms with Gasteiger partial charge in [0.1, 0.15) is 8.80 Å². The summed E-state index contributed by atoms with van der Waals surface area (Å²) in [6, 6.07) is 16.8. The molecule has 28 heavy (non-hydrogen) atoms. The molecular formula is C27H36Si. The van der Waals surface area contributed by atoms with E-state index in [-0.39, 0.29) is 5.04 Å². The minimum atomic E-state index is -1.54. The van der Waals surface area contributed by atoms with E-state index in [4.69, 9.17) is 0 Å². The van der Waals surface area contributed by atoms with Gasteiger partial charge < -0.3 is 0 Å². The summed E-state index contributed by atoms with van der Waals surface area (Å²) in [5, 5.41) is 3.32. The van der Waals surface area contributed by atoms with E-state index in [0.29, 0.717) is 0 Å². The van der Waals surface area contributed by atoms with E-state index in [9.17, 15) is 0 Å². The first-order valence-electron chi connectivity index (χ1n) is 10.8. The largest absolute Gasteiger partial charge is 0.116 e. The Bertz CT molecular complexity index is 912. The van der Waals surface area contributed by atoms with Crippen LogP contribution in [0, 0.1) is 6.92 Å². The Labute approximate surface area is 174 Å². The fraction of sp³-hybridized carbons (Fsp3) is 0.407. The highest BCUT2D eigenvalue weighted by Gasteiger charge is 2.45. The molecule has 1 atom stereocenters. The lowest BCUT2D eigenvalue weighted by molar-refractivity contribution is 0.824. The van der Waals surface area contributed by atoms with Gasteiger partial charge in [0.2, 0.25) is 0 Å². The molecule has 0 aromatic heterocycles. The maximum atomic E-state index is 2.53. The van der Waals surface area contributed by atoms with Crippen molar-refractivity contribution in [3.8, 4) is 0 Å². The summed E-state index contributed by atoms with van der Waals surface area (Å²) in [5.41, 5.74) is 10.5. The summed E-state index contributed by atoms with van der Waals surface area (Å²) in [7, 11) is -1.54. The van der Waals surface area contributed by atoms with Crippen molar-refractivity contribution in [3.05, 3.63) is 81.4 Å². The normalized spacial score (nSPS) is 17.4. The van der Waals surface area contributed by atoms with E-state index in [1.54, 1.807) is 21.5 Å². The lowest BCUT2D eigenvalue weighted by Crippen LogP contribution is -2.52. The third kappa shape index (κ3) is 3.35. The minimum absolute atomic E-state index is 0.152. The summed E-state index contributed by atoms with van der Waals surface area (Å²) in [4.78, 5) is 0. The zero-order chi connectivity index (χ0) is 20.6. The summed E-state index contributed by atoms with van der Waals surface area (Å²) in [6.45, 7) is 18.7. The third-order valence-electron chi connectivity index (χ3n) is 7.42. The highest BCUT2D eigenvalue weighted by Crippen LogP contribution is 2.53. The van der Waals surface area contributed by atoms with Crippen LogP contribution in [-0.2, 0) is 12.8 Å². The van der Waals surface area contributed by atoms with Crippen LogP contribution in [0.1, 0.15) is 65.2 Å². The van der Waals surface area contributed by atoms with Crippen molar-refractivity contribution in [2.24, 2.45) is 0 Å². The standard InChI is InChI=1S/C27H36Si/c1-9-23-15-24(10-2)17-26(16-23)28(25-13-11-12-18(3)14-25)27(8)21(6)19(4)20(5)22(27)7/h11-17,28H,9-10H2,1-8H3. The van der Waals surface area contributed by atoms with Gasteiger partial charge >= 0.3 is 0 Å². The van der Waals surface area contributed by atoms with Crippen molar-refractivity contribution >= 4 is 19.2 Å². The zero-order valence-corrected chi connectivity index (χ0v) is 20.2. The number of rotatable bonds is 5. The van der Waals surface area contributed by atoms with Crippen LogP contribution in [0.5, 0.6) is 0 Å². The van der Waals surface area contributed by atoms with Crippen LogP contribution in [0.4, 0.5) is 0 Å². The molecule has 0 amide bonds. The second-order valence-corrected chi connectivity index (χ2v) is 12.2. The molecule has 1 heteroatoms. The molecule has 2 aromatic carbocycles. The van der Waals surface area contributed by atoms with E-state index < -0.39 is 8.80 Å². The molecule has 2 aromatic rings. The van der Waals surface area contributed by atoms with Gasteiger partial charge in [-0.2, -0.15) is 0 Å². The molecule has 0 fully saturated rings. The van der Waals surface area contributed by atoms with Gasteiger partial charge in [-0.1, -0.05) is 90.3 Å². The molecule has 3 rings (SSSR count). The van der Waals surface area contributed by atoms with Crippen LogP contribution in [0.3, 0.4) is 0 Å². The number of benzene rings is 2. The molecule has 0 saturated heterocycles. The van der Waals surface area contributed by atoms with Crippen LogP contribution in [0.15, 0.2) is 64.8 Å². The number of aryl methyl sites for hydroxylation is 3.